The number of amides is 1. The quantitative estimate of drug-likeness (QED) is 0.518. The number of rotatable bonds is 7. The number of nitrogens with two attached hydrogens (primary N) is 2. The van der Waals surface area contributed by atoms with Crippen molar-refractivity contribution < 1.29 is 9.18 Å². The summed E-state index contributed by atoms with van der Waals surface area (Å²) in [7, 11) is 0. The standard InChI is InChI=1S/C12H16FN3OS/c13-8-4-3-5-9(11(8)12(15)18)16-7-2-1-6-10(14)17/h3-5,16H,1-2,6-7H2,(H2,14,17)(H2,15,18). The van der Waals surface area contributed by atoms with Gasteiger partial charge in [-0.05, 0) is 25.0 Å². The first-order chi connectivity index (χ1) is 8.52. The number of benzene rings is 1. The number of carbonyl (C=O) groups excluding carboxylic acids is 1. The van der Waals surface area contributed by atoms with Crippen molar-refractivity contribution in [3.8, 4) is 0 Å². The monoisotopic (exact) mass is 269 g/mol. The van der Waals surface area contributed by atoms with Crippen LogP contribution in [0.25, 0.3) is 0 Å². The largest absolute Gasteiger partial charge is 0.389 e. The van der Waals surface area contributed by atoms with Crippen LogP contribution in [0, 0.1) is 5.82 Å². The average molecular weight is 269 g/mol. The number of unbranched alkanes of at least 4 members (excludes halogenated alkanes) is 1. The van der Waals surface area contributed by atoms with Gasteiger partial charge in [0.1, 0.15) is 10.8 Å². The first-order valence-electron chi connectivity index (χ1n) is 5.63. The molecule has 1 amide bonds. The van der Waals surface area contributed by atoms with Gasteiger partial charge in [0.2, 0.25) is 5.91 Å². The zero-order valence-electron chi connectivity index (χ0n) is 9.91. The molecule has 0 saturated carbocycles. The molecule has 0 aliphatic rings. The Balaban J connectivity index is 2.54. The third-order valence-corrected chi connectivity index (χ3v) is 2.63. The molecule has 6 heteroatoms. The minimum Gasteiger partial charge on any atom is -0.389 e. The van der Waals surface area contributed by atoms with E-state index in [4.69, 9.17) is 23.7 Å². The molecule has 0 aromatic heterocycles. The molecule has 0 unspecified atom stereocenters. The maximum absolute atomic E-state index is 13.5. The van der Waals surface area contributed by atoms with E-state index in [1.54, 1.807) is 12.1 Å². The van der Waals surface area contributed by atoms with Gasteiger partial charge in [-0.3, -0.25) is 4.79 Å². The number of carbonyl (C=O) groups is 1. The number of halogens is 1. The first kappa shape index (κ1) is 14.4. The number of anilines is 1. The van der Waals surface area contributed by atoms with E-state index in [2.05, 4.69) is 5.32 Å². The van der Waals surface area contributed by atoms with Crippen LogP contribution in [0.2, 0.25) is 0 Å². The molecule has 0 bridgehead atoms. The molecule has 0 spiro atoms. The van der Waals surface area contributed by atoms with E-state index in [9.17, 15) is 9.18 Å². The SMILES string of the molecule is NC(=O)CCCCNc1cccc(F)c1C(N)=S. The maximum Gasteiger partial charge on any atom is 0.217 e. The van der Waals surface area contributed by atoms with Crippen LogP contribution < -0.4 is 16.8 Å². The van der Waals surface area contributed by atoms with Crippen molar-refractivity contribution >= 4 is 28.8 Å². The number of primary amides is 1. The zero-order chi connectivity index (χ0) is 13.5. The molecular formula is C12H16FN3OS. The average Bonchev–Trinajstić information content (AvgIpc) is 2.27. The van der Waals surface area contributed by atoms with Gasteiger partial charge in [0, 0.05) is 18.7 Å². The molecule has 0 aliphatic heterocycles. The lowest BCUT2D eigenvalue weighted by Crippen LogP contribution is -2.16. The van der Waals surface area contributed by atoms with Gasteiger partial charge < -0.3 is 16.8 Å². The van der Waals surface area contributed by atoms with Crippen molar-refractivity contribution in [2.24, 2.45) is 11.5 Å². The fourth-order valence-electron chi connectivity index (χ4n) is 1.57. The van der Waals surface area contributed by atoms with Gasteiger partial charge in [0.05, 0.1) is 5.56 Å². The predicted molar refractivity (Wildman–Crippen MR) is 73.8 cm³/mol. The van der Waals surface area contributed by atoms with Crippen molar-refractivity contribution in [1.29, 1.82) is 0 Å². The van der Waals surface area contributed by atoms with E-state index >= 15 is 0 Å². The van der Waals surface area contributed by atoms with Crippen LogP contribution in [0.4, 0.5) is 10.1 Å². The molecule has 1 rings (SSSR count). The highest BCUT2D eigenvalue weighted by Gasteiger charge is 2.10. The highest BCUT2D eigenvalue weighted by Crippen LogP contribution is 2.18. The molecule has 98 valence electrons. The molecule has 0 saturated heterocycles. The number of hydrogen-bond donors (Lipinski definition) is 3. The molecule has 0 heterocycles. The minimum absolute atomic E-state index is 0.0211. The fourth-order valence-corrected chi connectivity index (χ4v) is 1.78. The molecule has 0 fully saturated rings. The highest BCUT2D eigenvalue weighted by molar-refractivity contribution is 7.80. The Bertz CT molecular complexity index is 451. The van der Waals surface area contributed by atoms with E-state index < -0.39 is 5.82 Å². The second kappa shape index (κ2) is 6.90. The molecule has 5 N–H and O–H groups in total. The van der Waals surface area contributed by atoms with Gasteiger partial charge in [0.25, 0.3) is 0 Å². The summed E-state index contributed by atoms with van der Waals surface area (Å²) >= 11 is 4.81. The summed E-state index contributed by atoms with van der Waals surface area (Å²) in [6.07, 6.45) is 1.81. The normalized spacial score (nSPS) is 10.1. The van der Waals surface area contributed by atoms with Crippen LogP contribution in [-0.2, 0) is 4.79 Å². The van der Waals surface area contributed by atoms with Crippen LogP contribution in [0.1, 0.15) is 24.8 Å². The Morgan fingerprint density at radius 3 is 2.67 bits per heavy atom. The summed E-state index contributed by atoms with van der Waals surface area (Å²) in [6, 6.07) is 4.61. The third-order valence-electron chi connectivity index (χ3n) is 2.43. The highest BCUT2D eigenvalue weighted by atomic mass is 32.1. The lowest BCUT2D eigenvalue weighted by Gasteiger charge is -2.11. The van der Waals surface area contributed by atoms with Crippen molar-refractivity contribution in [2.45, 2.75) is 19.3 Å². The van der Waals surface area contributed by atoms with E-state index in [-0.39, 0.29) is 16.5 Å². The van der Waals surface area contributed by atoms with E-state index in [0.717, 1.165) is 6.42 Å². The number of hydrogen-bond acceptors (Lipinski definition) is 3. The Morgan fingerprint density at radius 1 is 1.33 bits per heavy atom. The first-order valence-corrected chi connectivity index (χ1v) is 6.03. The number of nitrogens with one attached hydrogen (secondary N) is 1. The predicted octanol–water partition coefficient (Wildman–Crippen LogP) is 1.53. The van der Waals surface area contributed by atoms with Gasteiger partial charge >= 0.3 is 0 Å². The molecule has 4 nitrogen and oxygen atoms in total. The topological polar surface area (TPSA) is 81.1 Å². The lowest BCUT2D eigenvalue weighted by molar-refractivity contribution is -0.118. The molecule has 1 aromatic rings. The van der Waals surface area contributed by atoms with Crippen molar-refractivity contribution in [3.63, 3.8) is 0 Å². The van der Waals surface area contributed by atoms with Gasteiger partial charge in [-0.1, -0.05) is 18.3 Å². The van der Waals surface area contributed by atoms with Crippen LogP contribution in [0.15, 0.2) is 18.2 Å². The second-order valence-electron chi connectivity index (χ2n) is 3.88. The summed E-state index contributed by atoms with van der Waals surface area (Å²) in [6.45, 7) is 0.604. The van der Waals surface area contributed by atoms with E-state index in [1.807, 2.05) is 0 Å². The summed E-state index contributed by atoms with van der Waals surface area (Å²) in [5, 5.41) is 3.05. The fraction of sp³-hybridized carbons (Fsp3) is 0.333. The Hall–Kier alpha value is -1.69. The summed E-state index contributed by atoms with van der Waals surface area (Å²) in [4.78, 5) is 10.6. The van der Waals surface area contributed by atoms with Crippen LogP contribution in [-0.4, -0.2) is 17.4 Å². The van der Waals surface area contributed by atoms with Crippen LogP contribution in [0.3, 0.4) is 0 Å². The third kappa shape index (κ3) is 4.29. The molecular weight excluding hydrogens is 253 g/mol. The van der Waals surface area contributed by atoms with Crippen molar-refractivity contribution in [3.05, 3.63) is 29.6 Å². The zero-order valence-corrected chi connectivity index (χ0v) is 10.7. The molecule has 18 heavy (non-hydrogen) atoms. The van der Waals surface area contributed by atoms with Crippen molar-refractivity contribution in [1.82, 2.24) is 0 Å². The lowest BCUT2D eigenvalue weighted by atomic mass is 10.1. The minimum atomic E-state index is -0.440. The molecule has 0 atom stereocenters. The van der Waals surface area contributed by atoms with Gasteiger partial charge in [0.15, 0.2) is 0 Å². The van der Waals surface area contributed by atoms with Gasteiger partial charge in [-0.15, -0.1) is 0 Å². The smallest absolute Gasteiger partial charge is 0.217 e. The summed E-state index contributed by atoms with van der Waals surface area (Å²) in [5.74, 6) is -0.755. The Labute approximate surface area is 111 Å². The van der Waals surface area contributed by atoms with Crippen molar-refractivity contribution in [2.75, 3.05) is 11.9 Å². The van der Waals surface area contributed by atoms with Gasteiger partial charge in [-0.25, -0.2) is 4.39 Å². The molecule has 0 aliphatic carbocycles. The molecule has 0 radical (unpaired) electrons. The summed E-state index contributed by atoms with van der Waals surface area (Å²) in [5.41, 5.74) is 11.3. The Morgan fingerprint density at radius 2 is 2.06 bits per heavy atom. The van der Waals surface area contributed by atoms with Crippen LogP contribution in [0.5, 0.6) is 0 Å². The summed E-state index contributed by atoms with van der Waals surface area (Å²) < 4.78 is 13.5. The second-order valence-corrected chi connectivity index (χ2v) is 4.32. The van der Waals surface area contributed by atoms with E-state index in [1.165, 1.54) is 6.07 Å². The molecule has 1 aromatic carbocycles. The number of thiocarbonyl (C=S) groups is 1. The maximum atomic E-state index is 13.5. The Kier molecular flexibility index (Phi) is 5.51. The van der Waals surface area contributed by atoms with Crippen LogP contribution >= 0.6 is 12.2 Å². The van der Waals surface area contributed by atoms with Gasteiger partial charge in [-0.2, -0.15) is 0 Å². The van der Waals surface area contributed by atoms with E-state index in [0.29, 0.717) is 25.1 Å².